The molecule has 0 aliphatic rings. The van der Waals surface area contributed by atoms with Crippen LogP contribution in [-0.4, -0.2) is 30.1 Å². The number of methoxy groups -OCH3 is 1. The number of nitrogens with two attached hydrogens (primary N) is 1. The van der Waals surface area contributed by atoms with E-state index in [0.717, 1.165) is 5.56 Å². The average Bonchev–Trinajstić information content (AvgIpc) is 2.31. The summed E-state index contributed by atoms with van der Waals surface area (Å²) in [5.74, 6) is -1.64. The molecular weight excluding hydrogens is 236 g/mol. The van der Waals surface area contributed by atoms with Crippen molar-refractivity contribution in [2.75, 3.05) is 12.4 Å². The standard InChI is InChI=1S/C12H16N2O4/c1-18-7-8-4-2-3-5-10(8)14-12(17)9(13)6-11(15)16/h2-5,9H,6-7,13H2,1H3,(H,14,17)(H,15,16). The van der Waals surface area contributed by atoms with Gasteiger partial charge in [-0.3, -0.25) is 9.59 Å². The number of para-hydroxylation sites is 1. The van der Waals surface area contributed by atoms with Gasteiger partial charge in [-0.2, -0.15) is 0 Å². The van der Waals surface area contributed by atoms with Gasteiger partial charge in [0.2, 0.25) is 5.91 Å². The maximum atomic E-state index is 11.7. The first-order valence-corrected chi connectivity index (χ1v) is 5.39. The molecule has 1 aromatic carbocycles. The van der Waals surface area contributed by atoms with Crippen molar-refractivity contribution in [3.63, 3.8) is 0 Å². The van der Waals surface area contributed by atoms with Crippen molar-refractivity contribution in [1.82, 2.24) is 0 Å². The third-order valence-electron chi connectivity index (χ3n) is 2.31. The van der Waals surface area contributed by atoms with Crippen molar-refractivity contribution in [3.05, 3.63) is 29.8 Å². The zero-order valence-corrected chi connectivity index (χ0v) is 10.1. The number of benzene rings is 1. The fourth-order valence-electron chi connectivity index (χ4n) is 1.43. The number of aliphatic carboxylic acids is 1. The minimum atomic E-state index is -1.11. The van der Waals surface area contributed by atoms with Gasteiger partial charge in [-0.05, 0) is 6.07 Å². The van der Waals surface area contributed by atoms with Crippen LogP contribution in [-0.2, 0) is 20.9 Å². The Bertz CT molecular complexity index is 434. The van der Waals surface area contributed by atoms with Crippen LogP contribution in [0.2, 0.25) is 0 Å². The van der Waals surface area contributed by atoms with E-state index in [1.807, 2.05) is 12.1 Å². The van der Waals surface area contributed by atoms with Crippen molar-refractivity contribution in [3.8, 4) is 0 Å². The van der Waals surface area contributed by atoms with Crippen LogP contribution in [0.15, 0.2) is 24.3 Å². The zero-order chi connectivity index (χ0) is 13.5. The van der Waals surface area contributed by atoms with Gasteiger partial charge in [-0.1, -0.05) is 18.2 Å². The van der Waals surface area contributed by atoms with Crippen LogP contribution in [0.5, 0.6) is 0 Å². The number of hydrogen-bond acceptors (Lipinski definition) is 4. The molecule has 0 saturated carbocycles. The van der Waals surface area contributed by atoms with E-state index in [4.69, 9.17) is 15.6 Å². The lowest BCUT2D eigenvalue weighted by molar-refractivity contribution is -0.138. The summed E-state index contributed by atoms with van der Waals surface area (Å²) in [6.07, 6.45) is -0.404. The fraction of sp³-hybridized carbons (Fsp3) is 0.333. The second-order valence-corrected chi connectivity index (χ2v) is 3.78. The summed E-state index contributed by atoms with van der Waals surface area (Å²) in [7, 11) is 1.55. The van der Waals surface area contributed by atoms with Crippen molar-refractivity contribution >= 4 is 17.6 Å². The van der Waals surface area contributed by atoms with Crippen LogP contribution in [0.3, 0.4) is 0 Å². The zero-order valence-electron chi connectivity index (χ0n) is 10.1. The van der Waals surface area contributed by atoms with Crippen LogP contribution in [0.1, 0.15) is 12.0 Å². The second-order valence-electron chi connectivity index (χ2n) is 3.78. The predicted molar refractivity (Wildman–Crippen MR) is 66.0 cm³/mol. The molecule has 1 aromatic rings. The molecule has 1 unspecified atom stereocenters. The maximum absolute atomic E-state index is 11.7. The quantitative estimate of drug-likeness (QED) is 0.687. The summed E-state index contributed by atoms with van der Waals surface area (Å²) < 4.78 is 5.00. The molecule has 6 heteroatoms. The maximum Gasteiger partial charge on any atom is 0.305 e. The minimum absolute atomic E-state index is 0.352. The lowest BCUT2D eigenvalue weighted by Gasteiger charge is -2.13. The van der Waals surface area contributed by atoms with E-state index in [9.17, 15) is 9.59 Å². The largest absolute Gasteiger partial charge is 0.481 e. The molecule has 0 fully saturated rings. The first-order chi connectivity index (χ1) is 8.54. The van der Waals surface area contributed by atoms with Gasteiger partial charge in [0.1, 0.15) is 0 Å². The van der Waals surface area contributed by atoms with Crippen LogP contribution in [0.25, 0.3) is 0 Å². The first kappa shape index (κ1) is 14.1. The van der Waals surface area contributed by atoms with Gasteiger partial charge in [0, 0.05) is 18.4 Å². The Kier molecular flexibility index (Phi) is 5.29. The number of carboxylic acid groups (broad SMARTS) is 1. The molecule has 0 bridgehead atoms. The van der Waals surface area contributed by atoms with E-state index < -0.39 is 24.3 Å². The van der Waals surface area contributed by atoms with Gasteiger partial charge in [-0.15, -0.1) is 0 Å². The van der Waals surface area contributed by atoms with Gasteiger partial charge in [0.15, 0.2) is 0 Å². The average molecular weight is 252 g/mol. The Hall–Kier alpha value is -1.92. The van der Waals surface area contributed by atoms with Crippen molar-refractivity contribution in [1.29, 1.82) is 0 Å². The highest BCUT2D eigenvalue weighted by Crippen LogP contribution is 2.16. The van der Waals surface area contributed by atoms with E-state index in [1.165, 1.54) is 0 Å². The summed E-state index contributed by atoms with van der Waals surface area (Å²) in [6, 6.07) is 6.03. The van der Waals surface area contributed by atoms with Gasteiger partial charge in [-0.25, -0.2) is 0 Å². The molecule has 0 saturated heterocycles. The minimum Gasteiger partial charge on any atom is -0.481 e. The van der Waals surface area contributed by atoms with Gasteiger partial charge in [0.05, 0.1) is 19.1 Å². The van der Waals surface area contributed by atoms with E-state index in [0.29, 0.717) is 12.3 Å². The molecule has 98 valence electrons. The highest BCUT2D eigenvalue weighted by Gasteiger charge is 2.17. The van der Waals surface area contributed by atoms with Crippen molar-refractivity contribution in [2.45, 2.75) is 19.1 Å². The number of carboxylic acids is 1. The van der Waals surface area contributed by atoms with Crippen LogP contribution < -0.4 is 11.1 Å². The Labute approximate surface area is 105 Å². The van der Waals surface area contributed by atoms with Crippen LogP contribution >= 0.6 is 0 Å². The number of ether oxygens (including phenoxy) is 1. The van der Waals surface area contributed by atoms with Gasteiger partial charge in [0.25, 0.3) is 0 Å². The molecule has 1 atom stereocenters. The fourth-order valence-corrected chi connectivity index (χ4v) is 1.43. The molecular formula is C12H16N2O4. The Balaban J connectivity index is 2.72. The molecule has 0 spiro atoms. The van der Waals surface area contributed by atoms with E-state index >= 15 is 0 Å². The number of carbonyl (C=O) groups is 2. The molecule has 0 aliphatic heterocycles. The van der Waals surface area contributed by atoms with Crippen LogP contribution in [0, 0.1) is 0 Å². The number of carbonyl (C=O) groups excluding carboxylic acids is 1. The highest BCUT2D eigenvalue weighted by atomic mass is 16.5. The highest BCUT2D eigenvalue weighted by molar-refractivity contribution is 5.97. The van der Waals surface area contributed by atoms with Gasteiger partial charge < -0.3 is 20.9 Å². The van der Waals surface area contributed by atoms with Crippen molar-refractivity contribution < 1.29 is 19.4 Å². The molecule has 1 rings (SSSR count). The van der Waals surface area contributed by atoms with Crippen molar-refractivity contribution in [2.24, 2.45) is 5.73 Å². The van der Waals surface area contributed by atoms with Crippen LogP contribution in [0.4, 0.5) is 5.69 Å². The molecule has 0 radical (unpaired) electrons. The van der Waals surface area contributed by atoms with E-state index in [1.54, 1.807) is 19.2 Å². The Morgan fingerprint density at radius 2 is 2.11 bits per heavy atom. The molecule has 1 amide bonds. The lowest BCUT2D eigenvalue weighted by Crippen LogP contribution is -2.37. The third kappa shape index (κ3) is 4.15. The predicted octanol–water partition coefficient (Wildman–Crippen LogP) is 0.573. The SMILES string of the molecule is COCc1ccccc1NC(=O)C(N)CC(=O)O. The Morgan fingerprint density at radius 1 is 1.44 bits per heavy atom. The normalized spacial score (nSPS) is 11.9. The number of nitrogens with one attached hydrogen (secondary N) is 1. The number of rotatable bonds is 6. The monoisotopic (exact) mass is 252 g/mol. The van der Waals surface area contributed by atoms with E-state index in [-0.39, 0.29) is 0 Å². The lowest BCUT2D eigenvalue weighted by atomic mass is 10.1. The summed E-state index contributed by atoms with van der Waals surface area (Å²) in [5, 5.41) is 11.2. The Morgan fingerprint density at radius 3 is 2.72 bits per heavy atom. The number of anilines is 1. The van der Waals surface area contributed by atoms with E-state index in [2.05, 4.69) is 5.32 Å². The first-order valence-electron chi connectivity index (χ1n) is 5.39. The molecule has 0 heterocycles. The number of amides is 1. The third-order valence-corrected chi connectivity index (χ3v) is 2.31. The second kappa shape index (κ2) is 6.73. The summed E-state index contributed by atoms with van der Waals surface area (Å²) in [4.78, 5) is 22.1. The smallest absolute Gasteiger partial charge is 0.305 e. The van der Waals surface area contributed by atoms with Gasteiger partial charge >= 0.3 is 5.97 Å². The molecule has 18 heavy (non-hydrogen) atoms. The summed E-state index contributed by atoms with van der Waals surface area (Å²) in [6.45, 7) is 0.352. The molecule has 0 aliphatic carbocycles. The molecule has 4 N–H and O–H groups in total. The summed E-state index contributed by atoms with van der Waals surface area (Å²) in [5.41, 5.74) is 6.84. The topological polar surface area (TPSA) is 102 Å². The molecule has 0 aromatic heterocycles. The summed E-state index contributed by atoms with van der Waals surface area (Å²) >= 11 is 0. The number of hydrogen-bond donors (Lipinski definition) is 3. The molecule has 6 nitrogen and oxygen atoms in total.